The summed E-state index contributed by atoms with van der Waals surface area (Å²) in [4.78, 5) is 0. The van der Waals surface area contributed by atoms with E-state index in [1.54, 1.807) is 0 Å². The first-order chi connectivity index (χ1) is 18.4. The summed E-state index contributed by atoms with van der Waals surface area (Å²) in [5.41, 5.74) is 12.7. The Balaban J connectivity index is 1.49. The summed E-state index contributed by atoms with van der Waals surface area (Å²) in [7, 11) is -0.816. The van der Waals surface area contributed by atoms with E-state index < -0.39 is 7.70 Å². The van der Waals surface area contributed by atoms with Gasteiger partial charge in [0.1, 0.15) is 5.82 Å². The van der Waals surface area contributed by atoms with Gasteiger partial charge in [-0.1, -0.05) is 127 Å². The summed E-state index contributed by atoms with van der Waals surface area (Å²) in [6, 6.07) is 41.1. The van der Waals surface area contributed by atoms with Crippen LogP contribution in [-0.4, -0.2) is 5.29 Å². The molecule has 0 saturated heterocycles. The third-order valence-corrected chi connectivity index (χ3v) is 9.00. The molecule has 0 fully saturated rings. The quantitative estimate of drug-likeness (QED) is 0.283. The molecule has 1 unspecified atom stereocenters. The van der Waals surface area contributed by atoms with Crippen LogP contribution in [0.3, 0.4) is 0 Å². The molecule has 1 N–H and O–H groups in total. The van der Waals surface area contributed by atoms with Crippen molar-refractivity contribution in [3.05, 3.63) is 173 Å². The van der Waals surface area contributed by atoms with Crippen LogP contribution in [-0.2, 0) is 0 Å². The molecule has 4 aromatic carbocycles. The molecule has 0 aromatic heterocycles. The zero-order chi connectivity index (χ0) is 24.6. The lowest BCUT2D eigenvalue weighted by Crippen LogP contribution is -2.15. The van der Waals surface area contributed by atoms with Crippen molar-refractivity contribution in [1.29, 1.82) is 0 Å². The molecule has 2 heteroatoms. The molecule has 1 aliphatic heterocycles. The van der Waals surface area contributed by atoms with Crippen molar-refractivity contribution in [3.8, 4) is 0 Å². The fraction of sp³-hybridized carbons (Fsp3) is 0. The molecule has 4 aromatic rings. The minimum atomic E-state index is -0.816. The summed E-state index contributed by atoms with van der Waals surface area (Å²) >= 11 is 0. The molecule has 37 heavy (non-hydrogen) atoms. The van der Waals surface area contributed by atoms with Crippen molar-refractivity contribution in [2.75, 3.05) is 0 Å². The van der Waals surface area contributed by atoms with Gasteiger partial charge in [0.15, 0.2) is 5.29 Å². The average molecular weight is 491 g/mol. The van der Waals surface area contributed by atoms with Crippen molar-refractivity contribution in [3.63, 3.8) is 0 Å². The van der Waals surface area contributed by atoms with Crippen LogP contribution in [0, 0.1) is 0 Å². The SMILES string of the molecule is C1=CC(=[P+]2C=C(c3ccccc3)C(c3ccccc3)=C(c3ccccc3)N2)C2=Cc3ccccc3C2=C1. The molecule has 1 atom stereocenters. The fourth-order valence-corrected chi connectivity index (χ4v) is 7.43. The van der Waals surface area contributed by atoms with Gasteiger partial charge in [0.25, 0.3) is 0 Å². The van der Waals surface area contributed by atoms with Crippen LogP contribution < -0.4 is 5.09 Å². The van der Waals surface area contributed by atoms with Crippen molar-refractivity contribution in [2.45, 2.75) is 0 Å². The summed E-state index contributed by atoms with van der Waals surface area (Å²) < 4.78 is 0. The van der Waals surface area contributed by atoms with Crippen LogP contribution in [0.5, 0.6) is 0 Å². The van der Waals surface area contributed by atoms with Gasteiger partial charge in [-0.3, -0.25) is 0 Å². The third-order valence-electron chi connectivity index (χ3n) is 7.11. The van der Waals surface area contributed by atoms with E-state index in [-0.39, 0.29) is 0 Å². The zero-order valence-electron chi connectivity index (χ0n) is 20.3. The Kier molecular flexibility index (Phi) is 5.43. The van der Waals surface area contributed by atoms with Gasteiger partial charge in [0, 0.05) is 22.3 Å². The maximum Gasteiger partial charge on any atom is 0.249 e. The second kappa shape index (κ2) is 9.21. The number of allylic oxidation sites excluding steroid dienone is 7. The summed E-state index contributed by atoms with van der Waals surface area (Å²) in [6.07, 6.45) is 9.13. The van der Waals surface area contributed by atoms with Gasteiger partial charge in [-0.05, 0) is 40.0 Å². The Morgan fingerprint density at radius 3 is 1.89 bits per heavy atom. The predicted octanol–water partition coefficient (Wildman–Crippen LogP) is 8.82. The number of nitrogens with one attached hydrogen (secondary N) is 1. The summed E-state index contributed by atoms with van der Waals surface area (Å²) in [6.45, 7) is 0. The molecule has 1 heterocycles. The monoisotopic (exact) mass is 490 g/mol. The lowest BCUT2D eigenvalue weighted by molar-refractivity contribution is 1.38. The highest BCUT2D eigenvalue weighted by atomic mass is 31.1. The Morgan fingerprint density at radius 2 is 1.16 bits per heavy atom. The van der Waals surface area contributed by atoms with Crippen LogP contribution in [0.15, 0.2) is 145 Å². The molecular weight excluding hydrogens is 465 g/mol. The fourth-order valence-electron chi connectivity index (χ4n) is 5.39. The molecule has 7 rings (SSSR count). The Hall–Kier alpha value is -4.45. The van der Waals surface area contributed by atoms with Gasteiger partial charge in [0.05, 0.1) is 5.70 Å². The summed E-state index contributed by atoms with van der Waals surface area (Å²) in [5, 5.41) is 5.40. The first-order valence-electron chi connectivity index (χ1n) is 12.6. The number of hydrogen-bond donors (Lipinski definition) is 1. The Labute approximate surface area is 219 Å². The van der Waals surface area contributed by atoms with Crippen molar-refractivity contribution in [2.24, 2.45) is 0 Å². The molecule has 2 aliphatic carbocycles. The molecule has 1 nitrogen and oxygen atoms in total. The van der Waals surface area contributed by atoms with Crippen molar-refractivity contribution in [1.82, 2.24) is 5.09 Å². The van der Waals surface area contributed by atoms with E-state index in [1.165, 1.54) is 61.1 Å². The van der Waals surface area contributed by atoms with Crippen LogP contribution in [0.4, 0.5) is 0 Å². The van der Waals surface area contributed by atoms with Gasteiger partial charge < -0.3 is 0 Å². The number of benzene rings is 4. The Bertz CT molecular complexity index is 1700. The number of hydrogen-bond acceptors (Lipinski definition) is 1. The molecule has 0 saturated carbocycles. The smallest absolute Gasteiger partial charge is 0.207 e. The van der Waals surface area contributed by atoms with Gasteiger partial charge >= 0.3 is 0 Å². The first-order valence-corrected chi connectivity index (χ1v) is 14.0. The van der Waals surface area contributed by atoms with E-state index in [1.807, 2.05) is 0 Å². The van der Waals surface area contributed by atoms with Crippen LogP contribution >= 0.6 is 7.70 Å². The minimum absolute atomic E-state index is 0.816. The molecule has 0 radical (unpaired) electrons. The lowest BCUT2D eigenvalue weighted by Gasteiger charge is -2.22. The molecule has 0 bridgehead atoms. The third kappa shape index (κ3) is 3.85. The van der Waals surface area contributed by atoms with Gasteiger partial charge in [-0.15, -0.1) is 0 Å². The molecule has 174 valence electrons. The second-order valence-corrected chi connectivity index (χ2v) is 11.0. The molecule has 0 spiro atoms. The molecular formula is C35H25NP+. The zero-order valence-corrected chi connectivity index (χ0v) is 21.2. The first kappa shape index (κ1) is 21.8. The topological polar surface area (TPSA) is 12.0 Å². The molecule has 0 amide bonds. The average Bonchev–Trinajstić information content (AvgIpc) is 3.37. The van der Waals surface area contributed by atoms with Gasteiger partial charge in [-0.2, -0.15) is 0 Å². The maximum absolute atomic E-state index is 4.04. The van der Waals surface area contributed by atoms with Gasteiger partial charge in [0.2, 0.25) is 7.70 Å². The normalized spacial score (nSPS) is 17.9. The Morgan fingerprint density at radius 1 is 0.541 bits per heavy atom. The van der Waals surface area contributed by atoms with E-state index in [2.05, 4.69) is 150 Å². The highest BCUT2D eigenvalue weighted by Gasteiger charge is 2.34. The highest BCUT2D eigenvalue weighted by Crippen LogP contribution is 2.49. The van der Waals surface area contributed by atoms with E-state index in [4.69, 9.17) is 0 Å². The van der Waals surface area contributed by atoms with Gasteiger partial charge in [-0.25, -0.2) is 5.09 Å². The lowest BCUT2D eigenvalue weighted by atomic mass is 9.90. The van der Waals surface area contributed by atoms with Crippen molar-refractivity contribution < 1.29 is 0 Å². The van der Waals surface area contributed by atoms with E-state index >= 15 is 0 Å². The number of fused-ring (bicyclic) bond motifs is 3. The van der Waals surface area contributed by atoms with Crippen LogP contribution in [0.2, 0.25) is 0 Å². The van der Waals surface area contributed by atoms with Crippen LogP contribution in [0.1, 0.15) is 27.8 Å². The molecule has 3 aliphatic rings. The number of rotatable bonds is 3. The standard InChI is InChI=1S/C35H25NP/c1-4-13-25(14-5-1)32-24-37(33-22-12-21-30-29-20-11-10-19-28(29)23-31(30)33)36-35(27-17-8-3-9-18-27)34(32)26-15-6-2-7-16-26/h1-24,36H/q+1. The van der Waals surface area contributed by atoms with E-state index in [0.717, 1.165) is 0 Å². The largest absolute Gasteiger partial charge is 0.249 e. The second-order valence-electron chi connectivity index (χ2n) is 9.34. The predicted molar refractivity (Wildman–Crippen MR) is 161 cm³/mol. The maximum atomic E-state index is 4.04. The van der Waals surface area contributed by atoms with E-state index in [0.29, 0.717) is 0 Å². The highest BCUT2D eigenvalue weighted by molar-refractivity contribution is 7.62. The van der Waals surface area contributed by atoms with Crippen molar-refractivity contribution >= 4 is 41.5 Å². The summed E-state index contributed by atoms with van der Waals surface area (Å²) in [5.74, 6) is 2.48. The van der Waals surface area contributed by atoms with E-state index in [9.17, 15) is 0 Å². The minimum Gasteiger partial charge on any atom is -0.207 e. The van der Waals surface area contributed by atoms with Crippen LogP contribution in [0.25, 0.3) is 28.5 Å².